The predicted octanol–water partition coefficient (Wildman–Crippen LogP) is -0.181. The minimum atomic E-state index is -1.06. The smallest absolute Gasteiger partial charge is 0.338 e. The highest BCUT2D eigenvalue weighted by Gasteiger charge is 2.06. The van der Waals surface area contributed by atoms with Crippen molar-refractivity contribution in [2.75, 3.05) is 0 Å². The maximum atomic E-state index is 10.6. The summed E-state index contributed by atoms with van der Waals surface area (Å²) >= 11 is 0. The zero-order valence-corrected chi connectivity index (χ0v) is 8.24. The summed E-state index contributed by atoms with van der Waals surface area (Å²) in [5.41, 5.74) is 6.32. The van der Waals surface area contributed by atoms with E-state index >= 15 is 0 Å². The van der Waals surface area contributed by atoms with Gasteiger partial charge in [-0.2, -0.15) is 5.10 Å². The molecule has 0 unspecified atom stereocenters. The first-order chi connectivity index (χ1) is 7.70. The number of hydrogen-bond acceptors (Lipinski definition) is 5. The van der Waals surface area contributed by atoms with Gasteiger partial charge in [0.1, 0.15) is 0 Å². The number of aromatic carboxylic acids is 1. The molecule has 0 radical (unpaired) electrons. The lowest BCUT2D eigenvalue weighted by atomic mass is 10.3. The Hall–Kier alpha value is -2.28. The third-order valence-electron chi connectivity index (χ3n) is 1.96. The molecule has 2 aromatic heterocycles. The maximum absolute atomic E-state index is 10.6. The molecule has 2 rings (SSSR count). The summed E-state index contributed by atoms with van der Waals surface area (Å²) in [5.74, 6) is -0.751. The van der Waals surface area contributed by atoms with Gasteiger partial charge in [0.2, 0.25) is 5.95 Å². The van der Waals surface area contributed by atoms with Crippen molar-refractivity contribution in [3.8, 4) is 5.95 Å². The molecule has 0 amide bonds. The minimum Gasteiger partial charge on any atom is -0.478 e. The average Bonchev–Trinajstić information content (AvgIpc) is 2.77. The third kappa shape index (κ3) is 1.89. The molecule has 82 valence electrons. The zero-order valence-electron chi connectivity index (χ0n) is 8.24. The summed E-state index contributed by atoms with van der Waals surface area (Å²) in [4.78, 5) is 18.4. The Morgan fingerprint density at radius 2 is 2.06 bits per heavy atom. The molecule has 0 atom stereocenters. The van der Waals surface area contributed by atoms with Crippen LogP contribution in [0.4, 0.5) is 0 Å². The summed E-state index contributed by atoms with van der Waals surface area (Å²) in [6.45, 7) is 0.382. The number of hydrogen-bond donors (Lipinski definition) is 2. The van der Waals surface area contributed by atoms with Crippen LogP contribution in [0.5, 0.6) is 0 Å². The molecule has 0 aliphatic carbocycles. The molecular formula is C9H9N5O2. The van der Waals surface area contributed by atoms with Crippen LogP contribution in [0.25, 0.3) is 5.95 Å². The SMILES string of the molecule is NCc1cnn(-c2ncc(C(=O)O)cn2)c1. The normalized spacial score (nSPS) is 10.3. The third-order valence-corrected chi connectivity index (χ3v) is 1.96. The molecule has 2 aromatic rings. The van der Waals surface area contributed by atoms with Crippen LogP contribution in [0.2, 0.25) is 0 Å². The van der Waals surface area contributed by atoms with Crippen molar-refractivity contribution in [1.82, 2.24) is 19.7 Å². The predicted molar refractivity (Wildman–Crippen MR) is 54.0 cm³/mol. The van der Waals surface area contributed by atoms with Crippen molar-refractivity contribution in [3.05, 3.63) is 35.9 Å². The molecule has 0 saturated heterocycles. The van der Waals surface area contributed by atoms with Crippen LogP contribution in [0.1, 0.15) is 15.9 Å². The van der Waals surface area contributed by atoms with E-state index in [-0.39, 0.29) is 5.56 Å². The second-order valence-corrected chi connectivity index (χ2v) is 3.07. The Labute approximate surface area is 90.6 Å². The number of aromatic nitrogens is 4. The van der Waals surface area contributed by atoms with Crippen molar-refractivity contribution in [2.24, 2.45) is 5.73 Å². The van der Waals surface area contributed by atoms with Gasteiger partial charge in [-0.3, -0.25) is 0 Å². The summed E-state index contributed by atoms with van der Waals surface area (Å²) in [6.07, 6.45) is 5.76. The van der Waals surface area contributed by atoms with Gasteiger partial charge in [-0.05, 0) is 0 Å². The fourth-order valence-electron chi connectivity index (χ4n) is 1.12. The van der Waals surface area contributed by atoms with E-state index < -0.39 is 5.97 Å². The summed E-state index contributed by atoms with van der Waals surface area (Å²) in [6, 6.07) is 0. The van der Waals surface area contributed by atoms with Crippen LogP contribution in [0.15, 0.2) is 24.8 Å². The van der Waals surface area contributed by atoms with Crippen LogP contribution in [0.3, 0.4) is 0 Å². The highest BCUT2D eigenvalue weighted by atomic mass is 16.4. The molecule has 0 aliphatic rings. The Morgan fingerprint density at radius 3 is 2.56 bits per heavy atom. The van der Waals surface area contributed by atoms with Gasteiger partial charge in [-0.1, -0.05) is 0 Å². The van der Waals surface area contributed by atoms with Crippen molar-refractivity contribution in [1.29, 1.82) is 0 Å². The van der Waals surface area contributed by atoms with Gasteiger partial charge in [0.25, 0.3) is 0 Å². The molecule has 3 N–H and O–H groups in total. The average molecular weight is 219 g/mol. The lowest BCUT2D eigenvalue weighted by molar-refractivity contribution is 0.0696. The topological polar surface area (TPSA) is 107 Å². The van der Waals surface area contributed by atoms with E-state index in [4.69, 9.17) is 10.8 Å². The largest absolute Gasteiger partial charge is 0.478 e. The van der Waals surface area contributed by atoms with Gasteiger partial charge in [-0.15, -0.1) is 0 Å². The Bertz CT molecular complexity index is 505. The van der Waals surface area contributed by atoms with E-state index in [1.54, 1.807) is 12.4 Å². The quantitative estimate of drug-likeness (QED) is 0.741. The number of nitrogens with two attached hydrogens (primary N) is 1. The van der Waals surface area contributed by atoms with Gasteiger partial charge in [-0.25, -0.2) is 19.4 Å². The standard InChI is InChI=1S/C9H9N5O2/c10-1-6-2-13-14(5-6)9-11-3-7(4-12-9)8(15)16/h2-5H,1,10H2,(H,15,16). The van der Waals surface area contributed by atoms with Crippen molar-refractivity contribution in [3.63, 3.8) is 0 Å². The fraction of sp³-hybridized carbons (Fsp3) is 0.111. The van der Waals surface area contributed by atoms with Gasteiger partial charge >= 0.3 is 5.97 Å². The van der Waals surface area contributed by atoms with Crippen LogP contribution in [0, 0.1) is 0 Å². The van der Waals surface area contributed by atoms with Crippen molar-refractivity contribution in [2.45, 2.75) is 6.54 Å². The molecule has 2 heterocycles. The van der Waals surface area contributed by atoms with Crippen LogP contribution in [-0.4, -0.2) is 30.8 Å². The molecule has 7 nitrogen and oxygen atoms in total. The lowest BCUT2D eigenvalue weighted by Gasteiger charge is -1.98. The fourth-order valence-corrected chi connectivity index (χ4v) is 1.12. The first-order valence-corrected chi connectivity index (χ1v) is 4.50. The van der Waals surface area contributed by atoms with E-state index in [1.807, 2.05) is 0 Å². The molecule has 0 bridgehead atoms. The molecule has 0 aliphatic heterocycles. The molecule has 0 fully saturated rings. The van der Waals surface area contributed by atoms with Gasteiger partial charge < -0.3 is 10.8 Å². The van der Waals surface area contributed by atoms with E-state index in [2.05, 4.69) is 15.1 Å². The van der Waals surface area contributed by atoms with E-state index in [0.717, 1.165) is 5.56 Å². The summed E-state index contributed by atoms with van der Waals surface area (Å²) in [5, 5.41) is 12.7. The zero-order chi connectivity index (χ0) is 11.5. The van der Waals surface area contributed by atoms with Crippen LogP contribution in [-0.2, 0) is 6.54 Å². The molecule has 0 saturated carbocycles. The Kier molecular flexibility index (Phi) is 2.61. The number of nitrogens with zero attached hydrogens (tertiary/aromatic N) is 4. The van der Waals surface area contributed by atoms with Crippen LogP contribution < -0.4 is 5.73 Å². The van der Waals surface area contributed by atoms with Gasteiger partial charge in [0, 0.05) is 30.7 Å². The molecule has 7 heteroatoms. The van der Waals surface area contributed by atoms with Crippen molar-refractivity contribution >= 4 is 5.97 Å². The molecular weight excluding hydrogens is 210 g/mol. The van der Waals surface area contributed by atoms with Gasteiger partial charge in [0.05, 0.1) is 11.8 Å². The molecule has 0 spiro atoms. The summed E-state index contributed by atoms with van der Waals surface area (Å²) in [7, 11) is 0. The van der Waals surface area contributed by atoms with E-state index in [1.165, 1.54) is 17.1 Å². The number of rotatable bonds is 3. The maximum Gasteiger partial charge on any atom is 0.338 e. The second kappa shape index (κ2) is 4.07. The lowest BCUT2D eigenvalue weighted by Crippen LogP contribution is -2.05. The van der Waals surface area contributed by atoms with E-state index in [0.29, 0.717) is 12.5 Å². The number of carboxylic acid groups (broad SMARTS) is 1. The summed E-state index contributed by atoms with van der Waals surface area (Å²) < 4.78 is 1.44. The minimum absolute atomic E-state index is 0.0370. The second-order valence-electron chi connectivity index (χ2n) is 3.07. The Balaban J connectivity index is 2.30. The highest BCUT2D eigenvalue weighted by molar-refractivity contribution is 5.86. The first-order valence-electron chi connectivity index (χ1n) is 4.50. The van der Waals surface area contributed by atoms with Crippen LogP contribution >= 0.6 is 0 Å². The highest BCUT2D eigenvalue weighted by Crippen LogP contribution is 2.03. The molecule has 16 heavy (non-hydrogen) atoms. The van der Waals surface area contributed by atoms with Crippen molar-refractivity contribution < 1.29 is 9.90 Å². The van der Waals surface area contributed by atoms with E-state index in [9.17, 15) is 4.79 Å². The Morgan fingerprint density at radius 1 is 1.38 bits per heavy atom. The van der Waals surface area contributed by atoms with Gasteiger partial charge in [0.15, 0.2) is 0 Å². The number of carbonyl (C=O) groups is 1. The monoisotopic (exact) mass is 219 g/mol. The number of carboxylic acids is 1. The molecule has 0 aromatic carbocycles. The first kappa shape index (κ1) is 10.2.